The van der Waals surface area contributed by atoms with Crippen molar-refractivity contribution in [2.24, 2.45) is 7.05 Å². The lowest BCUT2D eigenvalue weighted by molar-refractivity contribution is -0.0470. The smallest absolute Gasteiger partial charge is 0.262 e. The monoisotopic (exact) mass is 315 g/mol. The molecule has 2 heterocycles. The van der Waals surface area contributed by atoms with E-state index in [1.54, 1.807) is 11.6 Å². The van der Waals surface area contributed by atoms with Gasteiger partial charge in [0.05, 0.1) is 25.1 Å². The van der Waals surface area contributed by atoms with Crippen LogP contribution in [0.15, 0.2) is 17.6 Å². The van der Waals surface area contributed by atoms with E-state index in [9.17, 15) is 8.42 Å². The highest BCUT2D eigenvalue weighted by Crippen LogP contribution is 2.34. The quantitative estimate of drug-likeness (QED) is 0.803. The lowest BCUT2D eigenvalue weighted by Crippen LogP contribution is -2.46. The molecule has 118 valence electrons. The summed E-state index contributed by atoms with van der Waals surface area (Å²) in [6.45, 7) is 3.22. The van der Waals surface area contributed by atoms with E-state index in [-0.39, 0.29) is 23.3 Å². The van der Waals surface area contributed by atoms with Crippen molar-refractivity contribution in [3.05, 3.63) is 12.5 Å². The van der Waals surface area contributed by atoms with E-state index in [0.717, 1.165) is 12.8 Å². The first-order valence-electron chi connectivity index (χ1n) is 7.27. The summed E-state index contributed by atoms with van der Waals surface area (Å²) in [5.41, 5.74) is 0. The summed E-state index contributed by atoms with van der Waals surface area (Å²) in [5.74, 6) is 0. The Morgan fingerprint density at radius 2 is 2.29 bits per heavy atom. The number of nitrogens with zero attached hydrogens (tertiary/aromatic N) is 3. The molecule has 8 heteroatoms. The summed E-state index contributed by atoms with van der Waals surface area (Å²) >= 11 is 0. The van der Waals surface area contributed by atoms with Gasteiger partial charge in [-0.1, -0.05) is 0 Å². The molecule has 0 spiro atoms. The number of aromatic nitrogens is 2. The van der Waals surface area contributed by atoms with E-state index in [1.165, 1.54) is 16.8 Å². The number of fused-ring (bicyclic) bond motifs is 2. The van der Waals surface area contributed by atoms with Gasteiger partial charge in [0.1, 0.15) is 6.10 Å². The Bertz CT molecular complexity index is 600. The number of imidazole rings is 1. The molecule has 1 aliphatic heterocycles. The Morgan fingerprint density at radius 3 is 2.95 bits per heavy atom. The number of hydrogen-bond acceptors (Lipinski definition) is 5. The molecule has 1 aliphatic carbocycles. The van der Waals surface area contributed by atoms with Crippen LogP contribution >= 0.6 is 0 Å². The fourth-order valence-corrected chi connectivity index (χ4v) is 4.83. The van der Waals surface area contributed by atoms with Gasteiger partial charge in [0.25, 0.3) is 10.0 Å². The number of ether oxygens (including phenoxy) is 2. The summed E-state index contributed by atoms with van der Waals surface area (Å²) in [6, 6.07) is -0.163. The number of rotatable bonds is 4. The van der Waals surface area contributed by atoms with Gasteiger partial charge in [-0.2, -0.15) is 4.31 Å². The van der Waals surface area contributed by atoms with Crippen molar-refractivity contribution in [3.63, 3.8) is 0 Å². The molecule has 0 amide bonds. The van der Waals surface area contributed by atoms with Gasteiger partial charge in [0.15, 0.2) is 5.03 Å². The minimum absolute atomic E-state index is 0.00103. The Balaban J connectivity index is 1.93. The first-order valence-corrected chi connectivity index (χ1v) is 8.71. The van der Waals surface area contributed by atoms with Gasteiger partial charge in [0, 0.05) is 26.4 Å². The van der Waals surface area contributed by atoms with Crippen LogP contribution in [0, 0.1) is 0 Å². The third-order valence-electron chi connectivity index (χ3n) is 4.12. The van der Waals surface area contributed by atoms with Crippen LogP contribution in [-0.2, 0) is 26.5 Å². The molecular weight excluding hydrogens is 294 g/mol. The van der Waals surface area contributed by atoms with E-state index in [0.29, 0.717) is 19.8 Å². The van der Waals surface area contributed by atoms with Crippen LogP contribution in [0.1, 0.15) is 19.8 Å². The molecule has 0 N–H and O–H groups in total. The van der Waals surface area contributed by atoms with Crippen molar-refractivity contribution in [1.29, 1.82) is 0 Å². The summed E-state index contributed by atoms with van der Waals surface area (Å²) < 4.78 is 40.3. The van der Waals surface area contributed by atoms with Crippen molar-refractivity contribution in [1.82, 2.24) is 13.9 Å². The van der Waals surface area contributed by atoms with E-state index in [2.05, 4.69) is 4.98 Å². The second kappa shape index (κ2) is 5.68. The van der Waals surface area contributed by atoms with Crippen LogP contribution in [0.2, 0.25) is 0 Å². The van der Waals surface area contributed by atoms with Crippen molar-refractivity contribution in [2.75, 3.05) is 19.8 Å². The van der Waals surface area contributed by atoms with Gasteiger partial charge in [-0.3, -0.25) is 0 Å². The van der Waals surface area contributed by atoms with Crippen molar-refractivity contribution in [3.8, 4) is 0 Å². The number of hydrogen-bond donors (Lipinski definition) is 0. The number of sulfonamides is 1. The zero-order valence-corrected chi connectivity index (χ0v) is 13.1. The molecule has 1 saturated carbocycles. The molecule has 2 bridgehead atoms. The molecule has 0 radical (unpaired) electrons. The topological polar surface area (TPSA) is 73.7 Å². The predicted molar refractivity (Wildman–Crippen MR) is 75.3 cm³/mol. The van der Waals surface area contributed by atoms with E-state index < -0.39 is 10.0 Å². The van der Waals surface area contributed by atoms with Gasteiger partial charge < -0.3 is 14.0 Å². The minimum Gasteiger partial charge on any atom is -0.374 e. The fraction of sp³-hybridized carbons (Fsp3) is 0.769. The maximum atomic E-state index is 12.8. The SMILES string of the molecule is CCO[C@H]1[C@H]2CC[C@H]1OCCN2S(=O)(=O)c1cn(C)cn1. The Kier molecular flexibility index (Phi) is 4.04. The molecule has 0 unspecified atom stereocenters. The highest BCUT2D eigenvalue weighted by molar-refractivity contribution is 7.89. The van der Waals surface area contributed by atoms with Crippen molar-refractivity contribution < 1.29 is 17.9 Å². The summed E-state index contributed by atoms with van der Waals surface area (Å²) in [7, 11) is -1.85. The molecular formula is C13H21N3O4S. The third-order valence-corrected chi connectivity index (χ3v) is 5.93. The van der Waals surface area contributed by atoms with Gasteiger partial charge in [-0.05, 0) is 19.8 Å². The molecule has 1 aromatic rings. The molecule has 7 nitrogen and oxygen atoms in total. The molecule has 2 aliphatic rings. The Hall–Kier alpha value is -0.960. The van der Waals surface area contributed by atoms with Crippen LogP contribution < -0.4 is 0 Å². The molecule has 2 fully saturated rings. The standard InChI is InChI=1S/C13H21N3O4S/c1-3-19-13-10-4-5-11(13)20-7-6-16(10)21(17,18)12-8-15(2)9-14-12/h8-11,13H,3-7H2,1-2H3/t10-,11-,13+/m1/s1. The third kappa shape index (κ3) is 2.61. The number of aryl methyl sites for hydroxylation is 1. The average Bonchev–Trinajstić information content (AvgIpc) is 2.95. The Labute approximate surface area is 124 Å². The zero-order valence-electron chi connectivity index (χ0n) is 12.3. The van der Waals surface area contributed by atoms with Crippen LogP contribution in [-0.4, -0.2) is 60.3 Å². The van der Waals surface area contributed by atoms with E-state index in [1.807, 2.05) is 6.92 Å². The maximum Gasteiger partial charge on any atom is 0.262 e. The lowest BCUT2D eigenvalue weighted by Gasteiger charge is -2.29. The molecule has 1 saturated heterocycles. The zero-order chi connectivity index (χ0) is 15.0. The highest BCUT2D eigenvalue weighted by atomic mass is 32.2. The molecule has 0 aromatic carbocycles. The van der Waals surface area contributed by atoms with Gasteiger partial charge >= 0.3 is 0 Å². The highest BCUT2D eigenvalue weighted by Gasteiger charge is 2.47. The second-order valence-electron chi connectivity index (χ2n) is 5.47. The van der Waals surface area contributed by atoms with E-state index in [4.69, 9.17) is 9.47 Å². The molecule has 1 aromatic heterocycles. The van der Waals surface area contributed by atoms with Crippen LogP contribution in [0.4, 0.5) is 0 Å². The fourth-order valence-electron chi connectivity index (χ4n) is 3.21. The minimum atomic E-state index is -3.61. The summed E-state index contributed by atoms with van der Waals surface area (Å²) in [5, 5.41) is 0.0885. The molecule has 21 heavy (non-hydrogen) atoms. The second-order valence-corrected chi connectivity index (χ2v) is 7.30. The largest absolute Gasteiger partial charge is 0.374 e. The van der Waals surface area contributed by atoms with Crippen LogP contribution in [0.3, 0.4) is 0 Å². The van der Waals surface area contributed by atoms with Crippen molar-refractivity contribution in [2.45, 2.75) is 43.0 Å². The normalized spacial score (nSPS) is 30.5. The average molecular weight is 315 g/mol. The van der Waals surface area contributed by atoms with E-state index >= 15 is 0 Å². The van der Waals surface area contributed by atoms with Crippen LogP contribution in [0.25, 0.3) is 0 Å². The van der Waals surface area contributed by atoms with Crippen LogP contribution in [0.5, 0.6) is 0 Å². The Morgan fingerprint density at radius 1 is 1.48 bits per heavy atom. The van der Waals surface area contributed by atoms with Crippen molar-refractivity contribution >= 4 is 10.0 Å². The summed E-state index contributed by atoms with van der Waals surface area (Å²) in [4.78, 5) is 4.00. The van der Waals surface area contributed by atoms with Gasteiger partial charge in [-0.15, -0.1) is 0 Å². The van der Waals surface area contributed by atoms with Gasteiger partial charge in [0.2, 0.25) is 0 Å². The predicted octanol–water partition coefficient (Wildman–Crippen LogP) is 0.377. The lowest BCUT2D eigenvalue weighted by atomic mass is 10.2. The maximum absolute atomic E-state index is 12.8. The summed E-state index contributed by atoms with van der Waals surface area (Å²) in [6.07, 6.45) is 4.45. The molecule has 3 rings (SSSR count). The molecule has 3 atom stereocenters. The van der Waals surface area contributed by atoms with Gasteiger partial charge in [-0.25, -0.2) is 13.4 Å². The first kappa shape index (κ1) is 15.0. The first-order chi connectivity index (χ1) is 10.0.